The number of nitrogens with one attached hydrogen (secondary N) is 1. The van der Waals surface area contributed by atoms with Crippen LogP contribution in [0.1, 0.15) is 50.9 Å². The van der Waals surface area contributed by atoms with Gasteiger partial charge in [0.05, 0.1) is 52.0 Å². The molecule has 0 unspecified atom stereocenters. The van der Waals surface area contributed by atoms with Gasteiger partial charge in [0.2, 0.25) is 0 Å². The van der Waals surface area contributed by atoms with E-state index in [0.717, 1.165) is 22.5 Å². The highest BCUT2D eigenvalue weighted by molar-refractivity contribution is 6.40. The Morgan fingerprint density at radius 3 is 1.79 bits per heavy atom. The Labute approximate surface area is 318 Å². The molecule has 0 aliphatic heterocycles. The Hall–Kier alpha value is -4.25. The van der Waals surface area contributed by atoms with E-state index in [9.17, 15) is 4.79 Å². The first-order valence-corrected chi connectivity index (χ1v) is 18.0. The molecule has 0 spiro atoms. The van der Waals surface area contributed by atoms with Crippen molar-refractivity contribution in [3.05, 3.63) is 109 Å². The van der Waals surface area contributed by atoms with Gasteiger partial charge in [0, 0.05) is 42.4 Å². The van der Waals surface area contributed by atoms with Crippen LogP contribution in [0.2, 0.25) is 15.1 Å². The number of halogens is 3. The summed E-state index contributed by atoms with van der Waals surface area (Å²) in [6, 6.07) is 22.1. The van der Waals surface area contributed by atoms with Crippen LogP contribution < -0.4 is 14.9 Å². The maximum absolute atomic E-state index is 12.5. The van der Waals surface area contributed by atoms with Crippen LogP contribution in [0, 0.1) is 0 Å². The average molecular weight is 764 g/mol. The molecule has 0 amide bonds. The molecule has 4 aromatic heterocycles. The van der Waals surface area contributed by atoms with Crippen LogP contribution in [0.5, 0.6) is 11.5 Å². The van der Waals surface area contributed by atoms with E-state index in [-0.39, 0.29) is 5.43 Å². The molecular weight excluding hydrogens is 723 g/mol. The Balaban J connectivity index is 0.000000201. The number of pyridine rings is 4. The van der Waals surface area contributed by atoms with Gasteiger partial charge in [-0.1, -0.05) is 74.6 Å². The lowest BCUT2D eigenvalue weighted by Crippen LogP contribution is -2.07. The SMILES string of the molecule is COCCOc1ccc2c(=O)cc(-c3cccc(C(C)C)n3)[nH]c2c1Cl.COCCOc1ccc2c(Cl)cc(-c3cccc(C(C)C)n3)nc2c1Cl. The highest BCUT2D eigenvalue weighted by atomic mass is 35.5. The van der Waals surface area contributed by atoms with Crippen molar-refractivity contribution < 1.29 is 18.9 Å². The van der Waals surface area contributed by atoms with Crippen molar-refractivity contribution >= 4 is 56.6 Å². The zero-order valence-electron chi connectivity index (χ0n) is 29.9. The number of hydrogen-bond donors (Lipinski definition) is 1. The number of ether oxygens (including phenoxy) is 4. The molecular formula is C40H41Cl3N4O5. The second-order valence-electron chi connectivity index (χ2n) is 12.5. The maximum Gasteiger partial charge on any atom is 0.190 e. The monoisotopic (exact) mass is 762 g/mol. The van der Waals surface area contributed by atoms with E-state index in [4.69, 9.17) is 63.7 Å². The molecule has 0 fully saturated rings. The number of fused-ring (bicyclic) bond motifs is 2. The van der Waals surface area contributed by atoms with Gasteiger partial charge in [0.1, 0.15) is 34.8 Å². The molecule has 0 atom stereocenters. The molecule has 6 rings (SSSR count). The Morgan fingerprint density at radius 2 is 1.19 bits per heavy atom. The van der Waals surface area contributed by atoms with E-state index < -0.39 is 0 Å². The van der Waals surface area contributed by atoms with Crippen molar-refractivity contribution in [3.63, 3.8) is 0 Å². The first kappa shape index (κ1) is 39.0. The smallest absolute Gasteiger partial charge is 0.190 e. The topological polar surface area (TPSA) is 108 Å². The largest absolute Gasteiger partial charge is 0.490 e. The molecule has 52 heavy (non-hydrogen) atoms. The van der Waals surface area contributed by atoms with Crippen molar-refractivity contribution in [3.8, 4) is 34.3 Å². The quantitative estimate of drug-likeness (QED) is 0.123. The molecule has 2 aromatic carbocycles. The summed E-state index contributed by atoms with van der Waals surface area (Å²) < 4.78 is 21.3. The second-order valence-corrected chi connectivity index (χ2v) is 13.7. The number of hydrogen-bond acceptors (Lipinski definition) is 8. The molecule has 4 heterocycles. The van der Waals surface area contributed by atoms with Crippen molar-refractivity contribution in [2.24, 2.45) is 0 Å². The summed E-state index contributed by atoms with van der Waals surface area (Å²) in [6.45, 7) is 10.1. The molecule has 0 aliphatic rings. The van der Waals surface area contributed by atoms with Crippen LogP contribution in [0.15, 0.2) is 77.6 Å². The molecule has 12 heteroatoms. The Morgan fingerprint density at radius 1 is 0.635 bits per heavy atom. The average Bonchev–Trinajstić information content (AvgIpc) is 3.14. The van der Waals surface area contributed by atoms with E-state index in [1.54, 1.807) is 38.5 Å². The van der Waals surface area contributed by atoms with Gasteiger partial charge in [-0.2, -0.15) is 0 Å². The third-order valence-electron chi connectivity index (χ3n) is 8.09. The maximum atomic E-state index is 12.5. The van der Waals surface area contributed by atoms with Gasteiger partial charge in [-0.05, 0) is 66.4 Å². The van der Waals surface area contributed by atoms with Crippen LogP contribution >= 0.6 is 34.8 Å². The van der Waals surface area contributed by atoms with E-state index in [1.807, 2.05) is 48.5 Å². The van der Waals surface area contributed by atoms with Gasteiger partial charge in [0.15, 0.2) is 5.43 Å². The summed E-state index contributed by atoms with van der Waals surface area (Å²) in [5.41, 5.74) is 5.77. The third-order valence-corrected chi connectivity index (χ3v) is 9.15. The molecule has 9 nitrogen and oxygen atoms in total. The molecule has 0 radical (unpaired) electrons. The zero-order valence-corrected chi connectivity index (χ0v) is 32.2. The third kappa shape index (κ3) is 9.21. The standard InChI is InChI=1S/C20H20Cl2N2O2.C20H21ClN2O3/c1-12(2)15-5-4-6-16(23-15)17-11-14(21)13-7-8-18(26-10-9-25-3)19(22)20(13)24-17;1-12(2)14-5-4-6-15(22-14)16-11-17(24)13-7-8-18(26-10-9-25-3)19(21)20(13)23-16/h4-8,11-12H,9-10H2,1-3H3;4-8,11-12H,9-10H2,1-3H3,(H,23,24). The van der Waals surface area contributed by atoms with E-state index >= 15 is 0 Å². The fourth-order valence-electron chi connectivity index (χ4n) is 5.26. The van der Waals surface area contributed by atoms with Crippen molar-refractivity contribution in [2.45, 2.75) is 39.5 Å². The minimum absolute atomic E-state index is 0.115. The molecule has 1 N–H and O–H groups in total. The number of nitrogens with zero attached hydrogens (tertiary/aromatic N) is 3. The molecule has 272 valence electrons. The summed E-state index contributed by atoms with van der Waals surface area (Å²) in [4.78, 5) is 29.8. The lowest BCUT2D eigenvalue weighted by atomic mass is 10.1. The summed E-state index contributed by atoms with van der Waals surface area (Å²) in [7, 11) is 3.23. The summed E-state index contributed by atoms with van der Waals surface area (Å²) in [5.74, 6) is 1.69. The molecule has 0 bridgehead atoms. The Bertz CT molecular complexity index is 2230. The molecule has 0 saturated heterocycles. The fraction of sp³-hybridized carbons (Fsp3) is 0.300. The highest BCUT2D eigenvalue weighted by Gasteiger charge is 2.16. The fourth-order valence-corrected chi connectivity index (χ4v) is 6.05. The van der Waals surface area contributed by atoms with E-state index in [0.29, 0.717) is 98.3 Å². The van der Waals surface area contributed by atoms with Crippen LogP contribution in [-0.2, 0) is 9.47 Å². The lowest BCUT2D eigenvalue weighted by molar-refractivity contribution is 0.146. The second kappa shape index (κ2) is 18.0. The van der Waals surface area contributed by atoms with Gasteiger partial charge in [-0.3, -0.25) is 14.8 Å². The highest BCUT2D eigenvalue weighted by Crippen LogP contribution is 2.37. The summed E-state index contributed by atoms with van der Waals surface area (Å²) in [6.07, 6.45) is 0. The summed E-state index contributed by atoms with van der Waals surface area (Å²) in [5, 5.41) is 2.67. The number of H-pyrrole nitrogens is 1. The van der Waals surface area contributed by atoms with Crippen LogP contribution in [-0.4, -0.2) is 60.6 Å². The Kier molecular flexibility index (Phi) is 13.5. The van der Waals surface area contributed by atoms with Gasteiger partial charge < -0.3 is 23.9 Å². The van der Waals surface area contributed by atoms with E-state index in [2.05, 4.69) is 37.7 Å². The number of rotatable bonds is 12. The molecule has 0 aliphatic carbocycles. The minimum atomic E-state index is -0.115. The number of aromatic nitrogens is 4. The molecule has 6 aromatic rings. The predicted molar refractivity (Wildman–Crippen MR) is 211 cm³/mol. The predicted octanol–water partition coefficient (Wildman–Crippen LogP) is 10.1. The van der Waals surface area contributed by atoms with Gasteiger partial charge in [-0.15, -0.1) is 0 Å². The van der Waals surface area contributed by atoms with Crippen molar-refractivity contribution in [1.82, 2.24) is 19.9 Å². The summed E-state index contributed by atoms with van der Waals surface area (Å²) >= 11 is 19.5. The van der Waals surface area contributed by atoms with Crippen LogP contribution in [0.3, 0.4) is 0 Å². The number of aromatic amines is 1. The van der Waals surface area contributed by atoms with Crippen molar-refractivity contribution in [2.75, 3.05) is 40.6 Å². The molecule has 0 saturated carbocycles. The van der Waals surface area contributed by atoms with Crippen LogP contribution in [0.25, 0.3) is 44.6 Å². The first-order valence-electron chi connectivity index (χ1n) is 16.8. The van der Waals surface area contributed by atoms with Gasteiger partial charge in [0.25, 0.3) is 0 Å². The number of methoxy groups -OCH3 is 2. The normalized spacial score (nSPS) is 11.3. The van der Waals surface area contributed by atoms with Crippen LogP contribution in [0.4, 0.5) is 0 Å². The van der Waals surface area contributed by atoms with Gasteiger partial charge in [-0.25, -0.2) is 4.98 Å². The lowest BCUT2D eigenvalue weighted by Gasteiger charge is -2.12. The van der Waals surface area contributed by atoms with Crippen molar-refractivity contribution in [1.29, 1.82) is 0 Å². The first-order chi connectivity index (χ1) is 25.0. The van der Waals surface area contributed by atoms with Gasteiger partial charge >= 0.3 is 0 Å². The van der Waals surface area contributed by atoms with E-state index in [1.165, 1.54) is 0 Å². The number of benzene rings is 2. The zero-order chi connectivity index (χ0) is 37.4. The minimum Gasteiger partial charge on any atom is -0.490 e.